The van der Waals surface area contributed by atoms with Crippen molar-refractivity contribution in [3.05, 3.63) is 83.8 Å². The molecule has 0 amide bonds. The van der Waals surface area contributed by atoms with E-state index in [-0.39, 0.29) is 11.2 Å². The van der Waals surface area contributed by atoms with Crippen LogP contribution in [0.5, 0.6) is 0 Å². The first-order valence-electron chi connectivity index (χ1n) is 10.2. The molecule has 0 aliphatic carbocycles. The molecule has 4 heterocycles. The Morgan fingerprint density at radius 3 is 2.78 bits per heavy atom. The zero-order valence-electron chi connectivity index (χ0n) is 16.8. The number of pyridine rings is 1. The number of aliphatic imine (C=N–C) groups is 1. The van der Waals surface area contributed by atoms with Crippen molar-refractivity contribution in [1.29, 1.82) is 0 Å². The maximum atomic E-state index is 15.5. The summed E-state index contributed by atoms with van der Waals surface area (Å²) in [4.78, 5) is 8.72. The van der Waals surface area contributed by atoms with E-state index in [0.29, 0.717) is 12.1 Å². The third kappa shape index (κ3) is 2.95. The average molecular weight is 426 g/mol. The highest BCUT2D eigenvalue weighted by atomic mass is 19.3. The molecule has 5 aromatic rings. The van der Waals surface area contributed by atoms with Crippen LogP contribution in [0.4, 0.5) is 14.5 Å². The van der Waals surface area contributed by atoms with Crippen molar-refractivity contribution in [3.8, 4) is 11.3 Å². The Morgan fingerprint density at radius 2 is 1.84 bits per heavy atom. The van der Waals surface area contributed by atoms with E-state index in [1.54, 1.807) is 30.6 Å². The molecule has 156 valence electrons. The lowest BCUT2D eigenvalue weighted by molar-refractivity contribution is 0.0305. The smallest absolute Gasteiger partial charge is 0.261 e. The molecule has 8 heteroatoms. The number of rotatable bonds is 3. The average Bonchev–Trinajstić information content (AvgIpc) is 3.27. The molecule has 6 nitrogen and oxygen atoms in total. The third-order valence-corrected chi connectivity index (χ3v) is 5.65. The Bertz CT molecular complexity index is 1520. The summed E-state index contributed by atoms with van der Waals surface area (Å²) < 4.78 is 32.2. The molecule has 0 radical (unpaired) electrons. The highest BCUT2D eigenvalue weighted by Crippen LogP contribution is 2.37. The van der Waals surface area contributed by atoms with Crippen LogP contribution in [0.15, 0.2) is 71.9 Å². The number of fused-ring (bicyclic) bond motifs is 3. The van der Waals surface area contributed by atoms with Crippen LogP contribution in [0.2, 0.25) is 0 Å². The SMILES string of the molecule is FC(F)(c1ccc2c(c1)CCC=N2)c1nnc2ccc(-c3cnc4ccccc4c3)nn12. The molecular weight excluding hydrogens is 410 g/mol. The van der Waals surface area contributed by atoms with Gasteiger partial charge in [0.25, 0.3) is 0 Å². The molecule has 0 saturated heterocycles. The number of para-hydroxylation sites is 1. The number of benzene rings is 2. The van der Waals surface area contributed by atoms with Gasteiger partial charge in [-0.25, -0.2) is 0 Å². The largest absolute Gasteiger partial charge is 0.333 e. The lowest BCUT2D eigenvalue weighted by atomic mass is 9.99. The number of alkyl halides is 2. The van der Waals surface area contributed by atoms with Crippen LogP contribution >= 0.6 is 0 Å². The molecule has 0 bridgehead atoms. The topological polar surface area (TPSA) is 68.3 Å². The van der Waals surface area contributed by atoms with Gasteiger partial charge in [-0.2, -0.15) is 18.4 Å². The molecule has 6 rings (SSSR count). The van der Waals surface area contributed by atoms with Gasteiger partial charge in [-0.15, -0.1) is 10.2 Å². The van der Waals surface area contributed by atoms with E-state index in [9.17, 15) is 0 Å². The van der Waals surface area contributed by atoms with Gasteiger partial charge in [0.05, 0.1) is 16.9 Å². The minimum Gasteiger partial charge on any atom is -0.261 e. The molecule has 0 N–H and O–H groups in total. The van der Waals surface area contributed by atoms with Gasteiger partial charge in [-0.05, 0) is 54.8 Å². The molecule has 3 aromatic heterocycles. The zero-order valence-corrected chi connectivity index (χ0v) is 16.8. The second-order valence-corrected chi connectivity index (χ2v) is 7.70. The van der Waals surface area contributed by atoms with E-state index in [1.807, 2.05) is 30.3 Å². The summed E-state index contributed by atoms with van der Waals surface area (Å²) in [6.07, 6.45) is 4.91. The predicted octanol–water partition coefficient (Wildman–Crippen LogP) is 5.13. The van der Waals surface area contributed by atoms with Crippen molar-refractivity contribution in [1.82, 2.24) is 24.8 Å². The second-order valence-electron chi connectivity index (χ2n) is 7.70. The summed E-state index contributed by atoms with van der Waals surface area (Å²) in [7, 11) is 0. The number of hydrogen-bond acceptors (Lipinski definition) is 5. The summed E-state index contributed by atoms with van der Waals surface area (Å²) in [5.74, 6) is -3.90. The Labute approximate surface area is 181 Å². The van der Waals surface area contributed by atoms with Crippen LogP contribution in [0, 0.1) is 0 Å². The van der Waals surface area contributed by atoms with E-state index in [1.165, 1.54) is 12.1 Å². The maximum Gasteiger partial charge on any atom is 0.333 e. The van der Waals surface area contributed by atoms with Gasteiger partial charge in [-0.1, -0.05) is 24.3 Å². The van der Waals surface area contributed by atoms with Crippen molar-refractivity contribution in [2.45, 2.75) is 18.8 Å². The summed E-state index contributed by atoms with van der Waals surface area (Å²) in [5.41, 5.74) is 3.71. The fourth-order valence-electron chi connectivity index (χ4n) is 3.97. The highest BCUT2D eigenvalue weighted by Gasteiger charge is 2.40. The Hall–Kier alpha value is -4.07. The lowest BCUT2D eigenvalue weighted by Gasteiger charge is -2.17. The normalized spacial score (nSPS) is 13.6. The Morgan fingerprint density at radius 1 is 0.938 bits per heavy atom. The highest BCUT2D eigenvalue weighted by molar-refractivity contribution is 5.82. The molecule has 1 aliphatic heterocycles. The molecular formula is C24H16F2N6. The molecule has 32 heavy (non-hydrogen) atoms. The zero-order chi connectivity index (χ0) is 21.7. The summed E-state index contributed by atoms with van der Waals surface area (Å²) >= 11 is 0. The van der Waals surface area contributed by atoms with Gasteiger partial charge in [0.15, 0.2) is 5.65 Å². The molecule has 0 atom stereocenters. The van der Waals surface area contributed by atoms with Crippen molar-refractivity contribution < 1.29 is 8.78 Å². The summed E-state index contributed by atoms with van der Waals surface area (Å²) in [6.45, 7) is 0. The standard InChI is InChI=1S/C24H16F2N6/c25-24(26,18-7-8-20-16(13-18)5-3-11-27-20)23-30-29-22-10-9-21(31-32(22)23)17-12-15-4-1-2-6-19(15)28-14-17/h1-2,4,6-14H,3,5H2. The van der Waals surface area contributed by atoms with Crippen LogP contribution in [0.25, 0.3) is 27.8 Å². The predicted molar refractivity (Wildman–Crippen MR) is 117 cm³/mol. The maximum absolute atomic E-state index is 15.5. The van der Waals surface area contributed by atoms with Gasteiger partial charge in [-0.3, -0.25) is 9.98 Å². The first-order chi connectivity index (χ1) is 15.6. The Balaban J connectivity index is 1.46. The number of halogens is 2. The van der Waals surface area contributed by atoms with Crippen LogP contribution in [0.1, 0.15) is 23.4 Å². The monoisotopic (exact) mass is 426 g/mol. The lowest BCUT2D eigenvalue weighted by Crippen LogP contribution is -2.20. The van der Waals surface area contributed by atoms with Crippen LogP contribution in [-0.2, 0) is 12.3 Å². The third-order valence-electron chi connectivity index (χ3n) is 5.65. The minimum atomic E-state index is -3.37. The molecule has 1 aliphatic rings. The Kier molecular flexibility index (Phi) is 4.07. The fraction of sp³-hybridized carbons (Fsp3) is 0.125. The number of hydrogen-bond donors (Lipinski definition) is 0. The van der Waals surface area contributed by atoms with E-state index < -0.39 is 11.7 Å². The van der Waals surface area contributed by atoms with Gasteiger partial charge in [0.2, 0.25) is 5.82 Å². The molecule has 2 aromatic carbocycles. The molecule has 0 spiro atoms. The quantitative estimate of drug-likeness (QED) is 0.401. The second kappa shape index (κ2) is 6.98. The molecule has 0 fully saturated rings. The first kappa shape index (κ1) is 18.7. The van der Waals surface area contributed by atoms with Crippen LogP contribution < -0.4 is 0 Å². The number of nitrogens with zero attached hydrogens (tertiary/aromatic N) is 6. The van der Waals surface area contributed by atoms with Crippen molar-refractivity contribution in [3.63, 3.8) is 0 Å². The summed E-state index contributed by atoms with van der Waals surface area (Å²) in [5, 5.41) is 13.1. The van der Waals surface area contributed by atoms with E-state index in [0.717, 1.165) is 38.7 Å². The van der Waals surface area contributed by atoms with E-state index >= 15 is 8.78 Å². The fourth-order valence-corrected chi connectivity index (χ4v) is 3.97. The van der Waals surface area contributed by atoms with Gasteiger partial charge in [0.1, 0.15) is 0 Å². The molecule has 0 unspecified atom stereocenters. The minimum absolute atomic E-state index is 0.151. The molecule has 0 saturated carbocycles. The van der Waals surface area contributed by atoms with Gasteiger partial charge < -0.3 is 0 Å². The van der Waals surface area contributed by atoms with Gasteiger partial charge >= 0.3 is 5.92 Å². The van der Waals surface area contributed by atoms with Crippen LogP contribution in [0.3, 0.4) is 0 Å². The van der Waals surface area contributed by atoms with E-state index in [2.05, 4.69) is 25.3 Å². The number of aromatic nitrogens is 5. The van der Waals surface area contributed by atoms with Gasteiger partial charge in [0, 0.05) is 28.9 Å². The van der Waals surface area contributed by atoms with Crippen molar-refractivity contribution >= 4 is 28.5 Å². The van der Waals surface area contributed by atoms with Crippen molar-refractivity contribution in [2.24, 2.45) is 4.99 Å². The summed E-state index contributed by atoms with van der Waals surface area (Å²) in [6, 6.07) is 17.5. The van der Waals surface area contributed by atoms with E-state index in [4.69, 9.17) is 0 Å². The van der Waals surface area contributed by atoms with Crippen LogP contribution in [-0.4, -0.2) is 31.0 Å². The first-order valence-corrected chi connectivity index (χ1v) is 10.2. The van der Waals surface area contributed by atoms with Crippen molar-refractivity contribution in [2.75, 3.05) is 0 Å². The number of aryl methyl sites for hydroxylation is 1.